The first-order valence-corrected chi connectivity index (χ1v) is 2.79. The zero-order valence-corrected chi connectivity index (χ0v) is 9.77. The van der Waals surface area contributed by atoms with Crippen LogP contribution in [-0.4, -0.2) is 5.21 Å². The van der Waals surface area contributed by atoms with Crippen molar-refractivity contribution >= 4 is 37.2 Å². The van der Waals surface area contributed by atoms with E-state index in [-0.39, 0.29) is 41.9 Å². The lowest BCUT2D eigenvalue weighted by molar-refractivity contribution is 0.312. The van der Waals surface area contributed by atoms with E-state index >= 15 is 0 Å². The maximum atomic E-state index is 8.11. The van der Waals surface area contributed by atoms with Gasteiger partial charge in [-0.2, -0.15) is 0 Å². The molecule has 0 bridgehead atoms. The van der Waals surface area contributed by atoms with E-state index in [0.717, 1.165) is 0 Å². The summed E-state index contributed by atoms with van der Waals surface area (Å²) in [6, 6.07) is 10.3. The Morgan fingerprint density at radius 3 is 1.50 bits per heavy atom. The minimum Gasteiger partial charge on any atom is -0.379 e. The first-order chi connectivity index (χ1) is 4.81. The predicted molar refractivity (Wildman–Crippen MR) is 63.0 cm³/mol. The Labute approximate surface area is 100 Å². The number of aryl methyl sites for hydroxylation is 1. The first-order valence-electron chi connectivity index (χ1n) is 2.79. The van der Waals surface area contributed by atoms with Crippen molar-refractivity contribution in [3.63, 3.8) is 0 Å². The Morgan fingerprint density at radius 1 is 1.07 bits per heavy atom. The third-order valence-corrected chi connectivity index (χ3v) is 0.940. The molecule has 0 saturated heterocycles. The molecule has 0 unspecified atom stereocenters. The Kier molecular flexibility index (Phi) is 47.7. The number of hydrogen-bond donors (Lipinski definition) is 1. The number of benzene rings is 1. The number of rotatable bonds is 0. The van der Waals surface area contributed by atoms with Gasteiger partial charge >= 0.3 is 0 Å². The molecule has 1 aromatic rings. The zero-order chi connectivity index (χ0) is 7.82. The fourth-order valence-electron chi connectivity index (χ4n) is 0.534. The van der Waals surface area contributed by atoms with E-state index in [9.17, 15) is 0 Å². The summed E-state index contributed by atoms with van der Waals surface area (Å²) in [6.07, 6.45) is 0. The molecule has 3 nitrogen and oxygen atoms in total. The highest BCUT2D eigenvalue weighted by Crippen LogP contribution is 1.92. The SMILES string of the molecule is Cc1ccccc1.Cl.Cl.Cl.F.O=NO. The molecule has 0 saturated carbocycles. The van der Waals surface area contributed by atoms with Crippen LogP contribution in [0, 0.1) is 11.8 Å². The monoisotopic (exact) mass is 267 g/mol. The summed E-state index contributed by atoms with van der Waals surface area (Å²) in [5.74, 6) is 0. The van der Waals surface area contributed by atoms with Crippen LogP contribution in [0.4, 0.5) is 4.70 Å². The van der Waals surface area contributed by atoms with Gasteiger partial charge in [0.25, 0.3) is 0 Å². The third-order valence-electron chi connectivity index (χ3n) is 0.940. The summed E-state index contributed by atoms with van der Waals surface area (Å²) in [5.41, 5.74) is 1.32. The Balaban J connectivity index is -0.0000000355. The largest absolute Gasteiger partial charge is 0.379 e. The van der Waals surface area contributed by atoms with Gasteiger partial charge in [0.1, 0.15) is 0 Å². The van der Waals surface area contributed by atoms with Crippen molar-refractivity contribution in [3.05, 3.63) is 40.8 Å². The van der Waals surface area contributed by atoms with Crippen LogP contribution in [0.1, 0.15) is 5.56 Å². The maximum Gasteiger partial charge on any atom is 0.152 e. The van der Waals surface area contributed by atoms with Gasteiger partial charge in [-0.15, -0.1) is 42.1 Å². The zero-order valence-electron chi connectivity index (χ0n) is 7.32. The topological polar surface area (TPSA) is 49.7 Å². The fraction of sp³-hybridized carbons (Fsp3) is 0.143. The van der Waals surface area contributed by atoms with Crippen LogP contribution in [-0.2, 0) is 0 Å². The molecule has 1 N–H and O–H groups in total. The summed E-state index contributed by atoms with van der Waals surface area (Å²) in [5, 5.41) is 7.89. The van der Waals surface area contributed by atoms with E-state index in [1.807, 2.05) is 18.2 Å². The molecule has 0 aliphatic heterocycles. The van der Waals surface area contributed by atoms with Crippen molar-refractivity contribution in [2.45, 2.75) is 6.92 Å². The molecule has 0 atom stereocenters. The fourth-order valence-corrected chi connectivity index (χ4v) is 0.534. The molecule has 1 aromatic carbocycles. The normalized spacial score (nSPS) is 5.21. The van der Waals surface area contributed by atoms with Crippen molar-refractivity contribution < 1.29 is 9.91 Å². The highest BCUT2D eigenvalue weighted by Gasteiger charge is 1.72. The smallest absolute Gasteiger partial charge is 0.152 e. The highest BCUT2D eigenvalue weighted by atomic mass is 35.5. The van der Waals surface area contributed by atoms with Crippen LogP contribution < -0.4 is 0 Å². The molecule has 0 radical (unpaired) electrons. The summed E-state index contributed by atoms with van der Waals surface area (Å²) < 4.78 is 0. The van der Waals surface area contributed by atoms with E-state index in [0.29, 0.717) is 0 Å². The van der Waals surface area contributed by atoms with Gasteiger partial charge in [-0.3, -0.25) is 4.70 Å². The van der Waals surface area contributed by atoms with Crippen molar-refractivity contribution in [2.24, 2.45) is 5.34 Å². The first kappa shape index (κ1) is 29.2. The molecular formula is C7H13Cl3FNO2. The highest BCUT2D eigenvalue weighted by molar-refractivity contribution is 5.86. The lowest BCUT2D eigenvalue weighted by Crippen LogP contribution is -1.62. The van der Waals surface area contributed by atoms with E-state index in [4.69, 9.17) is 10.1 Å². The average molecular weight is 269 g/mol. The van der Waals surface area contributed by atoms with Gasteiger partial charge in [-0.1, -0.05) is 35.9 Å². The van der Waals surface area contributed by atoms with Crippen molar-refractivity contribution in [1.29, 1.82) is 0 Å². The van der Waals surface area contributed by atoms with Gasteiger partial charge in [0, 0.05) is 0 Å². The molecular weight excluding hydrogens is 255 g/mol. The molecule has 1 rings (SSSR count). The second-order valence-corrected chi connectivity index (χ2v) is 1.74. The summed E-state index contributed by atoms with van der Waals surface area (Å²) >= 11 is 0. The quantitative estimate of drug-likeness (QED) is 0.578. The van der Waals surface area contributed by atoms with Crippen molar-refractivity contribution in [2.75, 3.05) is 0 Å². The molecule has 0 fully saturated rings. The lowest BCUT2D eigenvalue weighted by Gasteiger charge is -1.82. The Bertz CT molecular complexity index is 190. The number of halogens is 4. The van der Waals surface area contributed by atoms with Crippen molar-refractivity contribution in [1.82, 2.24) is 0 Å². The van der Waals surface area contributed by atoms with Crippen LogP contribution in [0.15, 0.2) is 35.7 Å². The molecule has 14 heavy (non-hydrogen) atoms. The van der Waals surface area contributed by atoms with E-state index in [2.05, 4.69) is 19.1 Å². The maximum absolute atomic E-state index is 8.11. The molecule has 86 valence electrons. The van der Waals surface area contributed by atoms with E-state index in [1.165, 1.54) is 10.9 Å². The van der Waals surface area contributed by atoms with Gasteiger partial charge in [-0.25, -0.2) is 0 Å². The van der Waals surface area contributed by atoms with Gasteiger partial charge in [-0.05, 0) is 6.92 Å². The lowest BCUT2D eigenvalue weighted by atomic mass is 10.2. The van der Waals surface area contributed by atoms with Crippen LogP contribution in [0.3, 0.4) is 0 Å². The second kappa shape index (κ2) is 22.8. The predicted octanol–water partition coefficient (Wildman–Crippen LogP) is 3.55. The van der Waals surface area contributed by atoms with Gasteiger partial charge in [0.15, 0.2) is 5.34 Å². The third kappa shape index (κ3) is 22.5. The molecule has 0 aromatic heterocycles. The second-order valence-electron chi connectivity index (χ2n) is 1.74. The molecule has 0 aliphatic rings. The van der Waals surface area contributed by atoms with Gasteiger partial charge < -0.3 is 5.21 Å². The van der Waals surface area contributed by atoms with E-state index < -0.39 is 0 Å². The Morgan fingerprint density at radius 2 is 1.36 bits per heavy atom. The van der Waals surface area contributed by atoms with E-state index in [1.54, 1.807) is 0 Å². The number of hydrogen-bond acceptors (Lipinski definition) is 2. The minimum absolute atomic E-state index is 0. The molecule has 0 spiro atoms. The molecule has 0 heterocycles. The number of nitrogens with zero attached hydrogens (tertiary/aromatic N) is 1. The van der Waals surface area contributed by atoms with Crippen molar-refractivity contribution in [3.8, 4) is 0 Å². The van der Waals surface area contributed by atoms with Crippen LogP contribution in [0.2, 0.25) is 0 Å². The molecule has 0 aliphatic carbocycles. The average Bonchev–Trinajstić information content (AvgIpc) is 1.91. The van der Waals surface area contributed by atoms with Crippen LogP contribution in [0.5, 0.6) is 0 Å². The van der Waals surface area contributed by atoms with Crippen LogP contribution in [0.25, 0.3) is 0 Å². The van der Waals surface area contributed by atoms with Crippen LogP contribution >= 0.6 is 37.2 Å². The van der Waals surface area contributed by atoms with Gasteiger partial charge in [0.05, 0.1) is 0 Å². The Hall–Kier alpha value is -0.580. The summed E-state index contributed by atoms with van der Waals surface area (Å²) in [6.45, 7) is 2.08. The minimum atomic E-state index is 0. The molecule has 7 heteroatoms. The van der Waals surface area contributed by atoms with Gasteiger partial charge in [0.2, 0.25) is 0 Å². The summed E-state index contributed by atoms with van der Waals surface area (Å²) in [7, 11) is 0. The standard InChI is InChI=1S/C7H8.3ClH.FH.HNO2/c1-7-5-3-2-4-6-7;;;;;2-1-3/h2-6H,1H3;4*1H;(H,2,3). The summed E-state index contributed by atoms with van der Waals surface area (Å²) in [4.78, 5) is 8.11. The molecule has 0 amide bonds.